The molecule has 0 amide bonds. The first-order chi connectivity index (χ1) is 15.3. The molecule has 0 spiro atoms. The smallest absolute Gasteiger partial charge is 0.377 e. The van der Waals surface area contributed by atoms with Gasteiger partial charge in [-0.3, -0.25) is 9.86 Å². The number of aromatic nitrogens is 2. The average molecular weight is 479 g/mol. The normalized spacial score (nSPS) is 10.8. The van der Waals surface area contributed by atoms with E-state index in [4.69, 9.17) is 9.77 Å². The maximum Gasteiger partial charge on any atom is 0.416 e. The van der Waals surface area contributed by atoms with Crippen LogP contribution in [-0.2, 0) is 6.18 Å². The third-order valence-electron chi connectivity index (χ3n) is 3.33. The first-order valence-electron chi connectivity index (χ1n) is 10.5. The summed E-state index contributed by atoms with van der Waals surface area (Å²) in [6, 6.07) is 4.58. The summed E-state index contributed by atoms with van der Waals surface area (Å²) >= 11 is 1.05. The minimum atomic E-state index is -4.39. The second kappa shape index (κ2) is 19.4. The van der Waals surface area contributed by atoms with Crippen molar-refractivity contribution in [1.29, 1.82) is 0 Å². The zero-order valence-corrected chi connectivity index (χ0v) is 20.5. The standard InChI is InChI=1S/C14H19F3N6OS.C3H6.2C2H6/c1-9(21-11-5-2-4-10(8-11)14(15,16)17)12-13(23-24-22-12)19-6-3-7-20-25-18;1-3-2;2*1-2/h2,4-5,8-9,20-21H,3,6-7,18H2,1H3,(H,19,23);3H,1H2,2H3;2*1-2H3. The molecule has 0 saturated heterocycles. The quantitative estimate of drug-likeness (QED) is 0.186. The van der Waals surface area contributed by atoms with Crippen LogP contribution in [0.15, 0.2) is 41.5 Å². The first kappa shape index (κ1) is 31.9. The maximum absolute atomic E-state index is 12.8. The van der Waals surface area contributed by atoms with E-state index in [1.807, 2.05) is 34.6 Å². The first-order valence-corrected chi connectivity index (χ1v) is 11.4. The molecule has 1 atom stereocenters. The van der Waals surface area contributed by atoms with E-state index < -0.39 is 17.8 Å². The number of benzene rings is 1. The van der Waals surface area contributed by atoms with Crippen LogP contribution < -0.4 is 20.5 Å². The van der Waals surface area contributed by atoms with Crippen molar-refractivity contribution in [1.82, 2.24) is 15.0 Å². The Morgan fingerprint density at radius 1 is 1.19 bits per heavy atom. The molecule has 5 N–H and O–H groups in total. The summed E-state index contributed by atoms with van der Waals surface area (Å²) in [5.41, 5.74) is 0.102. The van der Waals surface area contributed by atoms with Crippen molar-refractivity contribution in [3.63, 3.8) is 0 Å². The second-order valence-corrected chi connectivity index (χ2v) is 6.17. The summed E-state index contributed by atoms with van der Waals surface area (Å²) in [7, 11) is 0. The second-order valence-electron chi connectivity index (χ2n) is 5.64. The number of nitrogens with zero attached hydrogens (tertiary/aromatic N) is 2. The number of hydrogen-bond donors (Lipinski definition) is 4. The highest BCUT2D eigenvalue weighted by molar-refractivity contribution is 7.95. The van der Waals surface area contributed by atoms with E-state index >= 15 is 0 Å². The average Bonchev–Trinajstić information content (AvgIpc) is 3.25. The fourth-order valence-corrected chi connectivity index (χ4v) is 2.39. The van der Waals surface area contributed by atoms with Crippen LogP contribution in [0.1, 0.15) is 65.3 Å². The lowest BCUT2D eigenvalue weighted by atomic mass is 10.1. The number of rotatable bonds is 9. The van der Waals surface area contributed by atoms with Crippen molar-refractivity contribution in [3.8, 4) is 0 Å². The molecule has 0 bridgehead atoms. The maximum atomic E-state index is 12.8. The predicted octanol–water partition coefficient (Wildman–Crippen LogP) is 6.42. The molecule has 0 fully saturated rings. The molecule has 0 saturated carbocycles. The zero-order chi connectivity index (χ0) is 25.0. The third-order valence-corrected chi connectivity index (χ3v) is 3.70. The summed E-state index contributed by atoms with van der Waals surface area (Å²) in [5, 5.41) is 18.9. The van der Waals surface area contributed by atoms with Crippen LogP contribution in [-0.4, -0.2) is 23.4 Å². The van der Waals surface area contributed by atoms with Crippen molar-refractivity contribution < 1.29 is 17.8 Å². The molecule has 0 aliphatic heterocycles. The summed E-state index contributed by atoms with van der Waals surface area (Å²) in [4.78, 5) is 0. The van der Waals surface area contributed by atoms with E-state index in [1.165, 1.54) is 6.07 Å². The Balaban J connectivity index is 0. The van der Waals surface area contributed by atoms with Gasteiger partial charge in [0.25, 0.3) is 0 Å². The molecule has 2 aromatic rings. The van der Waals surface area contributed by atoms with Gasteiger partial charge in [-0.15, -0.1) is 6.58 Å². The molecule has 0 aliphatic rings. The predicted molar refractivity (Wildman–Crippen MR) is 129 cm³/mol. The highest BCUT2D eigenvalue weighted by Gasteiger charge is 2.30. The number of hydrogen-bond acceptors (Lipinski definition) is 8. The number of allylic oxidation sites excluding steroid dienone is 1. The molecule has 1 aromatic carbocycles. The van der Waals surface area contributed by atoms with Crippen molar-refractivity contribution >= 4 is 23.6 Å². The lowest BCUT2D eigenvalue weighted by molar-refractivity contribution is -0.137. The van der Waals surface area contributed by atoms with Crippen LogP contribution in [0, 0.1) is 0 Å². The molecular weight excluding hydrogens is 441 g/mol. The zero-order valence-electron chi connectivity index (χ0n) is 19.7. The van der Waals surface area contributed by atoms with E-state index in [2.05, 4.69) is 32.2 Å². The van der Waals surface area contributed by atoms with Gasteiger partial charge in [0.05, 0.1) is 11.6 Å². The monoisotopic (exact) mass is 478 g/mol. The number of halogens is 3. The topological polar surface area (TPSA) is 101 Å². The minimum absolute atomic E-state index is 0.334. The Labute approximate surface area is 194 Å². The summed E-state index contributed by atoms with van der Waals surface area (Å²) < 4.78 is 46.0. The van der Waals surface area contributed by atoms with Gasteiger partial charge in [-0.2, -0.15) is 13.2 Å². The van der Waals surface area contributed by atoms with Crippen molar-refractivity contribution in [2.75, 3.05) is 23.7 Å². The molecule has 32 heavy (non-hydrogen) atoms. The van der Waals surface area contributed by atoms with Gasteiger partial charge in [0.2, 0.25) is 0 Å². The van der Waals surface area contributed by atoms with Crippen LogP contribution >= 0.6 is 12.1 Å². The van der Waals surface area contributed by atoms with Gasteiger partial charge in [-0.25, -0.2) is 4.63 Å². The van der Waals surface area contributed by atoms with Crippen molar-refractivity contribution in [2.45, 2.75) is 60.2 Å². The summed E-state index contributed by atoms with van der Waals surface area (Å²) in [6.45, 7) is 16.3. The minimum Gasteiger partial charge on any atom is -0.377 e. The molecular formula is C21H37F3N6OS. The van der Waals surface area contributed by atoms with Gasteiger partial charge in [0, 0.05) is 30.9 Å². The SMILES string of the molecule is C=CC.CC.CC.CC(Nc1cccc(C(F)(F)F)c1)c1nonc1NCCCNSN. The van der Waals surface area contributed by atoms with Gasteiger partial charge in [0.15, 0.2) is 11.5 Å². The molecule has 2 rings (SSSR count). The lowest BCUT2D eigenvalue weighted by Gasteiger charge is -2.15. The van der Waals surface area contributed by atoms with Gasteiger partial charge >= 0.3 is 6.18 Å². The third kappa shape index (κ3) is 13.2. The number of nitrogens with one attached hydrogen (secondary N) is 3. The molecule has 7 nitrogen and oxygen atoms in total. The van der Waals surface area contributed by atoms with Crippen molar-refractivity contribution in [3.05, 3.63) is 48.2 Å². The Bertz CT molecular complexity index is 713. The fourth-order valence-electron chi connectivity index (χ4n) is 2.13. The molecule has 1 aromatic heterocycles. The van der Waals surface area contributed by atoms with Gasteiger partial charge in [-0.05, 0) is 43.6 Å². The number of nitrogens with two attached hydrogens (primary N) is 1. The van der Waals surface area contributed by atoms with Crippen LogP contribution in [0.3, 0.4) is 0 Å². The highest BCUT2D eigenvalue weighted by Crippen LogP contribution is 2.31. The van der Waals surface area contributed by atoms with Gasteiger partial charge in [-0.1, -0.05) is 45.0 Å². The van der Waals surface area contributed by atoms with Gasteiger partial charge in [0.1, 0.15) is 0 Å². The molecule has 1 unspecified atom stereocenters. The van der Waals surface area contributed by atoms with E-state index in [9.17, 15) is 13.2 Å². The Kier molecular flexibility index (Phi) is 19.4. The highest BCUT2D eigenvalue weighted by atomic mass is 32.2. The Morgan fingerprint density at radius 2 is 1.81 bits per heavy atom. The largest absolute Gasteiger partial charge is 0.416 e. The van der Waals surface area contributed by atoms with E-state index in [0.29, 0.717) is 30.3 Å². The van der Waals surface area contributed by atoms with Crippen molar-refractivity contribution in [2.24, 2.45) is 5.14 Å². The molecule has 11 heteroatoms. The number of alkyl halides is 3. The molecule has 184 valence electrons. The molecule has 1 heterocycles. The van der Waals surface area contributed by atoms with Crippen LogP contribution in [0.25, 0.3) is 0 Å². The Hall–Kier alpha value is -2.24. The Morgan fingerprint density at radius 3 is 2.38 bits per heavy atom. The van der Waals surface area contributed by atoms with Crippen LogP contribution in [0.4, 0.5) is 24.7 Å². The van der Waals surface area contributed by atoms with E-state index in [1.54, 1.807) is 19.1 Å². The summed E-state index contributed by atoms with van der Waals surface area (Å²) in [6.07, 6.45) is -1.84. The van der Waals surface area contributed by atoms with E-state index in [-0.39, 0.29) is 0 Å². The lowest BCUT2D eigenvalue weighted by Crippen LogP contribution is -2.15. The van der Waals surface area contributed by atoms with E-state index in [0.717, 1.165) is 30.7 Å². The molecule has 0 radical (unpaired) electrons. The van der Waals surface area contributed by atoms with Crippen LogP contribution in [0.5, 0.6) is 0 Å². The number of anilines is 2. The van der Waals surface area contributed by atoms with Gasteiger partial charge < -0.3 is 10.6 Å². The summed E-state index contributed by atoms with van der Waals surface area (Å²) in [5.74, 6) is 0.451. The fraction of sp³-hybridized carbons (Fsp3) is 0.524. The van der Waals surface area contributed by atoms with Crippen LogP contribution in [0.2, 0.25) is 0 Å². The molecule has 0 aliphatic carbocycles.